The number of carbonyl (C=O) groups is 1. The molecule has 4 heteroatoms. The van der Waals surface area contributed by atoms with Gasteiger partial charge in [-0.25, -0.2) is 0 Å². The minimum Gasteiger partial charge on any atom is -0.384 e. The number of anilines is 1. The highest BCUT2D eigenvalue weighted by Crippen LogP contribution is 2.27. The topological polar surface area (TPSA) is 32.3 Å². The SMILES string of the molecule is CC1CCCN(C(=O)c2ccc3c(c2)CCN3)C1C.Cl. The van der Waals surface area contributed by atoms with Crippen molar-refractivity contribution in [3.63, 3.8) is 0 Å². The molecule has 1 saturated heterocycles. The number of amides is 1. The van der Waals surface area contributed by atoms with Crippen molar-refractivity contribution in [2.24, 2.45) is 5.92 Å². The summed E-state index contributed by atoms with van der Waals surface area (Å²) < 4.78 is 0. The largest absolute Gasteiger partial charge is 0.384 e. The molecule has 0 aliphatic carbocycles. The number of halogens is 1. The van der Waals surface area contributed by atoms with Gasteiger partial charge in [-0.1, -0.05) is 6.92 Å². The fourth-order valence-electron chi connectivity index (χ4n) is 3.23. The first-order valence-corrected chi connectivity index (χ1v) is 7.34. The molecule has 2 heterocycles. The van der Waals surface area contributed by atoms with Crippen LogP contribution in [0.1, 0.15) is 42.6 Å². The van der Waals surface area contributed by atoms with E-state index in [4.69, 9.17) is 0 Å². The lowest BCUT2D eigenvalue weighted by atomic mass is 9.91. The number of nitrogens with one attached hydrogen (secondary N) is 1. The number of carbonyl (C=O) groups excluding carboxylic acids is 1. The van der Waals surface area contributed by atoms with Gasteiger partial charge >= 0.3 is 0 Å². The highest BCUT2D eigenvalue weighted by molar-refractivity contribution is 5.95. The van der Waals surface area contributed by atoms with Crippen LogP contribution in [0.15, 0.2) is 18.2 Å². The monoisotopic (exact) mass is 294 g/mol. The molecule has 2 aliphatic rings. The number of hydrogen-bond donors (Lipinski definition) is 1. The van der Waals surface area contributed by atoms with Crippen molar-refractivity contribution in [2.75, 3.05) is 18.4 Å². The van der Waals surface area contributed by atoms with Gasteiger partial charge < -0.3 is 10.2 Å². The van der Waals surface area contributed by atoms with Gasteiger partial charge in [-0.15, -0.1) is 12.4 Å². The zero-order valence-electron chi connectivity index (χ0n) is 12.2. The summed E-state index contributed by atoms with van der Waals surface area (Å²) in [6.07, 6.45) is 3.39. The Labute approximate surface area is 127 Å². The minimum absolute atomic E-state index is 0. The number of benzene rings is 1. The van der Waals surface area contributed by atoms with Gasteiger partial charge in [-0.2, -0.15) is 0 Å². The zero-order valence-corrected chi connectivity index (χ0v) is 13.0. The van der Waals surface area contributed by atoms with Crippen molar-refractivity contribution >= 4 is 24.0 Å². The van der Waals surface area contributed by atoms with Crippen molar-refractivity contribution in [1.29, 1.82) is 0 Å². The van der Waals surface area contributed by atoms with Crippen LogP contribution in [0.3, 0.4) is 0 Å². The lowest BCUT2D eigenvalue weighted by Crippen LogP contribution is -2.46. The fourth-order valence-corrected chi connectivity index (χ4v) is 3.23. The van der Waals surface area contributed by atoms with E-state index in [1.165, 1.54) is 17.7 Å². The lowest BCUT2D eigenvalue weighted by molar-refractivity contribution is 0.0551. The molecule has 0 spiro atoms. The third-order valence-corrected chi connectivity index (χ3v) is 4.70. The Morgan fingerprint density at radius 3 is 2.95 bits per heavy atom. The molecular weight excluding hydrogens is 272 g/mol. The van der Waals surface area contributed by atoms with Crippen LogP contribution in [-0.4, -0.2) is 29.9 Å². The summed E-state index contributed by atoms with van der Waals surface area (Å²) >= 11 is 0. The highest BCUT2D eigenvalue weighted by atomic mass is 35.5. The third kappa shape index (κ3) is 2.64. The Morgan fingerprint density at radius 2 is 2.15 bits per heavy atom. The van der Waals surface area contributed by atoms with Crippen LogP contribution in [0, 0.1) is 5.92 Å². The third-order valence-electron chi connectivity index (χ3n) is 4.70. The van der Waals surface area contributed by atoms with E-state index >= 15 is 0 Å². The van der Waals surface area contributed by atoms with Crippen LogP contribution in [0.5, 0.6) is 0 Å². The van der Waals surface area contributed by atoms with Gasteiger partial charge in [0.1, 0.15) is 0 Å². The fraction of sp³-hybridized carbons (Fsp3) is 0.562. The molecule has 1 amide bonds. The first-order chi connectivity index (χ1) is 9.16. The predicted molar refractivity (Wildman–Crippen MR) is 84.8 cm³/mol. The van der Waals surface area contributed by atoms with Gasteiger partial charge in [-0.3, -0.25) is 4.79 Å². The van der Waals surface area contributed by atoms with E-state index in [0.29, 0.717) is 12.0 Å². The Morgan fingerprint density at radius 1 is 1.35 bits per heavy atom. The average molecular weight is 295 g/mol. The Hall–Kier alpha value is -1.22. The average Bonchev–Trinajstić information content (AvgIpc) is 2.88. The first-order valence-electron chi connectivity index (χ1n) is 7.34. The molecule has 0 radical (unpaired) electrons. The normalized spacial score (nSPS) is 24.6. The molecule has 110 valence electrons. The number of likely N-dealkylation sites (tertiary alicyclic amines) is 1. The number of piperidine rings is 1. The second kappa shape index (κ2) is 6.04. The minimum atomic E-state index is 0. The number of hydrogen-bond acceptors (Lipinski definition) is 2. The molecule has 0 aromatic heterocycles. The standard InChI is InChI=1S/C16H22N2O.ClH/c1-11-4-3-9-18(12(11)2)16(19)14-5-6-15-13(10-14)7-8-17-15;/h5-6,10-12,17H,3-4,7-9H2,1-2H3;1H. The van der Waals surface area contributed by atoms with Crippen molar-refractivity contribution in [2.45, 2.75) is 39.2 Å². The van der Waals surface area contributed by atoms with E-state index in [2.05, 4.69) is 30.1 Å². The summed E-state index contributed by atoms with van der Waals surface area (Å²) in [5.41, 5.74) is 3.32. The molecule has 3 rings (SSSR count). The van der Waals surface area contributed by atoms with Crippen molar-refractivity contribution in [3.8, 4) is 0 Å². The van der Waals surface area contributed by atoms with Gasteiger partial charge in [0.05, 0.1) is 0 Å². The van der Waals surface area contributed by atoms with Crippen LogP contribution in [0.4, 0.5) is 5.69 Å². The van der Waals surface area contributed by atoms with Gasteiger partial charge in [-0.05, 0) is 55.9 Å². The van der Waals surface area contributed by atoms with E-state index in [1.807, 2.05) is 12.1 Å². The van der Waals surface area contributed by atoms with E-state index < -0.39 is 0 Å². The predicted octanol–water partition coefficient (Wildman–Crippen LogP) is 3.34. The maximum absolute atomic E-state index is 12.7. The second-order valence-corrected chi connectivity index (χ2v) is 5.91. The second-order valence-electron chi connectivity index (χ2n) is 5.91. The Balaban J connectivity index is 0.00000147. The molecular formula is C16H23ClN2O. The maximum atomic E-state index is 12.7. The van der Waals surface area contributed by atoms with Crippen molar-refractivity contribution in [3.05, 3.63) is 29.3 Å². The van der Waals surface area contributed by atoms with Crippen LogP contribution in [-0.2, 0) is 6.42 Å². The summed E-state index contributed by atoms with van der Waals surface area (Å²) in [7, 11) is 0. The Kier molecular flexibility index (Phi) is 4.59. The molecule has 3 nitrogen and oxygen atoms in total. The molecule has 2 unspecified atom stereocenters. The van der Waals surface area contributed by atoms with E-state index in [9.17, 15) is 4.79 Å². The summed E-state index contributed by atoms with van der Waals surface area (Å²) in [5, 5.41) is 3.34. The summed E-state index contributed by atoms with van der Waals surface area (Å²) in [5.74, 6) is 0.808. The van der Waals surface area contributed by atoms with Gasteiger partial charge in [0.15, 0.2) is 0 Å². The zero-order chi connectivity index (χ0) is 13.4. The molecule has 2 aliphatic heterocycles. The van der Waals surface area contributed by atoms with E-state index in [-0.39, 0.29) is 18.3 Å². The summed E-state index contributed by atoms with van der Waals surface area (Å²) in [4.78, 5) is 14.7. The molecule has 1 N–H and O–H groups in total. The molecule has 0 bridgehead atoms. The maximum Gasteiger partial charge on any atom is 0.254 e. The lowest BCUT2D eigenvalue weighted by Gasteiger charge is -2.38. The molecule has 1 aromatic carbocycles. The first kappa shape index (κ1) is 15.2. The quantitative estimate of drug-likeness (QED) is 0.861. The van der Waals surface area contributed by atoms with Crippen molar-refractivity contribution < 1.29 is 4.79 Å². The van der Waals surface area contributed by atoms with Gasteiger partial charge in [0.2, 0.25) is 0 Å². The van der Waals surface area contributed by atoms with Crippen molar-refractivity contribution in [1.82, 2.24) is 4.90 Å². The number of fused-ring (bicyclic) bond motifs is 1. The molecule has 20 heavy (non-hydrogen) atoms. The molecule has 0 saturated carbocycles. The molecule has 1 fully saturated rings. The van der Waals surface area contributed by atoms with Gasteiger partial charge in [0, 0.05) is 30.4 Å². The molecule has 1 aromatic rings. The van der Waals surface area contributed by atoms with Crippen LogP contribution < -0.4 is 5.32 Å². The van der Waals surface area contributed by atoms with Crippen LogP contribution in [0.25, 0.3) is 0 Å². The van der Waals surface area contributed by atoms with E-state index in [1.54, 1.807) is 0 Å². The van der Waals surface area contributed by atoms with E-state index in [0.717, 1.165) is 31.5 Å². The van der Waals surface area contributed by atoms with Crippen LogP contribution >= 0.6 is 12.4 Å². The number of rotatable bonds is 1. The smallest absolute Gasteiger partial charge is 0.254 e. The molecule has 2 atom stereocenters. The summed E-state index contributed by atoms with van der Waals surface area (Å²) in [6, 6.07) is 6.44. The Bertz CT molecular complexity index is 503. The summed E-state index contributed by atoms with van der Waals surface area (Å²) in [6.45, 7) is 6.32. The van der Waals surface area contributed by atoms with Crippen LogP contribution in [0.2, 0.25) is 0 Å². The number of nitrogens with zero attached hydrogens (tertiary/aromatic N) is 1. The highest BCUT2D eigenvalue weighted by Gasteiger charge is 2.29. The van der Waals surface area contributed by atoms with Gasteiger partial charge in [0.25, 0.3) is 5.91 Å².